The van der Waals surface area contributed by atoms with Gasteiger partial charge in [-0.05, 0) is 40.4 Å². The number of anilines is 1. The Hall–Kier alpha value is -1.07. The number of ether oxygens (including phenoxy) is 1. The van der Waals surface area contributed by atoms with Crippen LogP contribution in [0.1, 0.15) is 24.8 Å². The molecule has 1 fully saturated rings. The molecule has 1 spiro atoms. The first-order valence-corrected chi connectivity index (χ1v) is 8.98. The van der Waals surface area contributed by atoms with Crippen molar-refractivity contribution in [3.05, 3.63) is 39.8 Å². The monoisotopic (exact) mass is 364 g/mol. The Balaban J connectivity index is 1.48. The molecule has 1 aromatic carbocycles. The summed E-state index contributed by atoms with van der Waals surface area (Å²) in [6.07, 6.45) is 6.33. The molecule has 2 aromatic rings. The zero-order valence-electron chi connectivity index (χ0n) is 11.7. The first kappa shape index (κ1) is 13.6. The lowest BCUT2D eigenvalue weighted by Crippen LogP contribution is -2.49. The van der Waals surface area contributed by atoms with Gasteiger partial charge >= 0.3 is 0 Å². The number of thiazole rings is 1. The van der Waals surface area contributed by atoms with Gasteiger partial charge < -0.3 is 9.64 Å². The first-order chi connectivity index (χ1) is 10.2. The van der Waals surface area contributed by atoms with Gasteiger partial charge in [0.1, 0.15) is 11.4 Å². The lowest BCUT2D eigenvalue weighted by Gasteiger charge is -2.44. The highest BCUT2D eigenvalue weighted by molar-refractivity contribution is 9.11. The highest BCUT2D eigenvalue weighted by Crippen LogP contribution is 2.40. The van der Waals surface area contributed by atoms with Crippen molar-refractivity contribution in [1.82, 2.24) is 4.98 Å². The summed E-state index contributed by atoms with van der Waals surface area (Å²) in [5, 5.41) is 1.12. The first-order valence-electron chi connectivity index (χ1n) is 7.37. The molecule has 1 aromatic heterocycles. The fourth-order valence-corrected chi connectivity index (χ4v) is 4.54. The number of benzene rings is 1. The summed E-state index contributed by atoms with van der Waals surface area (Å²) in [5.41, 5.74) is 1.40. The Morgan fingerprint density at radius 3 is 2.76 bits per heavy atom. The van der Waals surface area contributed by atoms with Gasteiger partial charge in [0.15, 0.2) is 5.13 Å². The molecule has 0 bridgehead atoms. The lowest BCUT2D eigenvalue weighted by atomic mass is 9.83. The maximum absolute atomic E-state index is 6.40. The minimum atomic E-state index is 0.0410. The van der Waals surface area contributed by atoms with Crippen LogP contribution in [0.3, 0.4) is 0 Å². The van der Waals surface area contributed by atoms with Crippen LogP contribution in [-0.4, -0.2) is 23.7 Å². The lowest BCUT2D eigenvalue weighted by molar-refractivity contribution is 0.0226. The van der Waals surface area contributed by atoms with Crippen molar-refractivity contribution in [2.45, 2.75) is 31.3 Å². The number of aryl methyl sites for hydroxylation is 1. The minimum absolute atomic E-state index is 0.0410. The number of hydrogen-bond donors (Lipinski definition) is 0. The standard InChI is InChI=1S/C16H17BrN2OS/c17-14-11-18-15(21-14)19-9-7-16(8-10-19)6-5-12-3-1-2-4-13(12)20-16/h1-4,11H,5-10H2. The van der Waals surface area contributed by atoms with Crippen LogP contribution < -0.4 is 9.64 Å². The zero-order chi connectivity index (χ0) is 14.3. The summed E-state index contributed by atoms with van der Waals surface area (Å²) in [4.78, 5) is 6.85. The molecule has 2 aliphatic rings. The molecule has 0 radical (unpaired) electrons. The number of halogens is 1. The van der Waals surface area contributed by atoms with Crippen LogP contribution in [0.15, 0.2) is 34.2 Å². The third-order valence-corrected chi connectivity index (χ3v) is 6.10. The predicted octanol–water partition coefficient (Wildman–Crippen LogP) is 4.27. The van der Waals surface area contributed by atoms with E-state index in [1.165, 1.54) is 5.56 Å². The van der Waals surface area contributed by atoms with Crippen LogP contribution in [0.25, 0.3) is 0 Å². The van der Waals surface area contributed by atoms with Gasteiger partial charge in [-0.2, -0.15) is 0 Å². The van der Waals surface area contributed by atoms with Gasteiger partial charge in [0.25, 0.3) is 0 Å². The topological polar surface area (TPSA) is 25.4 Å². The maximum Gasteiger partial charge on any atom is 0.186 e. The number of nitrogens with zero attached hydrogens (tertiary/aromatic N) is 2. The molecule has 2 aliphatic heterocycles. The van der Waals surface area contributed by atoms with Crippen molar-refractivity contribution in [1.29, 1.82) is 0 Å². The average molecular weight is 365 g/mol. The van der Waals surface area contributed by atoms with E-state index in [2.05, 4.69) is 50.1 Å². The predicted molar refractivity (Wildman–Crippen MR) is 89.4 cm³/mol. The maximum atomic E-state index is 6.40. The molecule has 3 heterocycles. The van der Waals surface area contributed by atoms with Crippen LogP contribution in [-0.2, 0) is 6.42 Å². The zero-order valence-corrected chi connectivity index (χ0v) is 14.1. The second-order valence-electron chi connectivity index (χ2n) is 5.83. The van der Waals surface area contributed by atoms with Gasteiger partial charge in [-0.15, -0.1) is 0 Å². The second kappa shape index (κ2) is 5.29. The number of para-hydroxylation sites is 1. The van der Waals surface area contributed by atoms with Crippen molar-refractivity contribution in [2.75, 3.05) is 18.0 Å². The summed E-state index contributed by atoms with van der Waals surface area (Å²) in [5.74, 6) is 1.09. The third kappa shape index (κ3) is 2.57. The van der Waals surface area contributed by atoms with Crippen LogP contribution >= 0.6 is 27.3 Å². The normalized spacial score (nSPS) is 20.1. The van der Waals surface area contributed by atoms with Crippen molar-refractivity contribution >= 4 is 32.4 Å². The molecular formula is C16H17BrN2OS. The van der Waals surface area contributed by atoms with E-state index in [0.717, 1.165) is 53.4 Å². The molecule has 110 valence electrons. The van der Waals surface area contributed by atoms with Gasteiger partial charge in [0.05, 0.1) is 9.98 Å². The molecule has 0 saturated carbocycles. The molecule has 5 heteroatoms. The Labute approximate surface area is 137 Å². The molecule has 0 amide bonds. The third-order valence-electron chi connectivity index (χ3n) is 4.56. The molecule has 1 saturated heterocycles. The highest BCUT2D eigenvalue weighted by atomic mass is 79.9. The van der Waals surface area contributed by atoms with E-state index < -0.39 is 0 Å². The number of fused-ring (bicyclic) bond motifs is 1. The average Bonchev–Trinajstić information content (AvgIpc) is 2.94. The number of piperidine rings is 1. The summed E-state index contributed by atoms with van der Waals surface area (Å²) < 4.78 is 7.49. The Bertz CT molecular complexity index is 649. The second-order valence-corrected chi connectivity index (χ2v) is 8.22. The van der Waals surface area contributed by atoms with Crippen molar-refractivity contribution in [3.63, 3.8) is 0 Å². The molecular weight excluding hydrogens is 348 g/mol. The van der Waals surface area contributed by atoms with Gasteiger partial charge in [-0.1, -0.05) is 29.5 Å². The summed E-state index contributed by atoms with van der Waals surface area (Å²) in [6, 6.07) is 8.47. The Morgan fingerprint density at radius 2 is 2.00 bits per heavy atom. The molecule has 21 heavy (non-hydrogen) atoms. The van der Waals surface area contributed by atoms with E-state index in [0.29, 0.717) is 0 Å². The highest BCUT2D eigenvalue weighted by Gasteiger charge is 2.39. The minimum Gasteiger partial charge on any atom is -0.487 e. The molecule has 4 rings (SSSR count). The van der Waals surface area contributed by atoms with Crippen molar-refractivity contribution in [2.24, 2.45) is 0 Å². The number of aromatic nitrogens is 1. The summed E-state index contributed by atoms with van der Waals surface area (Å²) in [7, 11) is 0. The van der Waals surface area contributed by atoms with Gasteiger partial charge in [-0.3, -0.25) is 0 Å². The molecule has 0 N–H and O–H groups in total. The van der Waals surface area contributed by atoms with Gasteiger partial charge in [0, 0.05) is 25.9 Å². The van der Waals surface area contributed by atoms with Crippen LogP contribution in [0.5, 0.6) is 5.75 Å². The quantitative estimate of drug-likeness (QED) is 0.755. The van der Waals surface area contributed by atoms with E-state index in [1.807, 2.05) is 6.20 Å². The van der Waals surface area contributed by atoms with Gasteiger partial charge in [-0.25, -0.2) is 4.98 Å². The molecule has 3 nitrogen and oxygen atoms in total. The summed E-state index contributed by atoms with van der Waals surface area (Å²) in [6.45, 7) is 2.06. The largest absolute Gasteiger partial charge is 0.487 e. The van der Waals surface area contributed by atoms with Gasteiger partial charge in [0.2, 0.25) is 0 Å². The Kier molecular flexibility index (Phi) is 3.42. The van der Waals surface area contributed by atoms with Crippen molar-refractivity contribution in [3.8, 4) is 5.75 Å². The van der Waals surface area contributed by atoms with Crippen LogP contribution in [0.4, 0.5) is 5.13 Å². The van der Waals surface area contributed by atoms with E-state index in [4.69, 9.17) is 4.74 Å². The smallest absolute Gasteiger partial charge is 0.186 e. The molecule has 0 unspecified atom stereocenters. The Morgan fingerprint density at radius 1 is 1.19 bits per heavy atom. The number of rotatable bonds is 1. The summed E-state index contributed by atoms with van der Waals surface area (Å²) >= 11 is 5.20. The fourth-order valence-electron chi connectivity index (χ4n) is 3.31. The molecule has 0 atom stereocenters. The SMILES string of the molecule is Brc1cnc(N2CCC3(CCc4ccccc4O3)CC2)s1. The van der Waals surface area contributed by atoms with E-state index >= 15 is 0 Å². The van der Waals surface area contributed by atoms with E-state index in [1.54, 1.807) is 11.3 Å². The van der Waals surface area contributed by atoms with E-state index in [9.17, 15) is 0 Å². The molecule has 0 aliphatic carbocycles. The van der Waals surface area contributed by atoms with E-state index in [-0.39, 0.29) is 5.60 Å². The fraction of sp³-hybridized carbons (Fsp3) is 0.438. The van der Waals surface area contributed by atoms with Crippen LogP contribution in [0.2, 0.25) is 0 Å². The van der Waals surface area contributed by atoms with Crippen molar-refractivity contribution < 1.29 is 4.74 Å². The van der Waals surface area contributed by atoms with Crippen LogP contribution in [0, 0.1) is 0 Å². The number of hydrogen-bond acceptors (Lipinski definition) is 4.